The lowest BCUT2D eigenvalue weighted by molar-refractivity contribution is 0.0982. The van der Waals surface area contributed by atoms with Crippen LogP contribution in [0.1, 0.15) is 26.7 Å². The zero-order chi connectivity index (χ0) is 10.9. The summed E-state index contributed by atoms with van der Waals surface area (Å²) in [6.45, 7) is 7.89. The predicted octanol–water partition coefficient (Wildman–Crippen LogP) is 0.805. The molecule has 0 aromatic rings. The number of hydrogen-bond donors (Lipinski definition) is 1. The first-order valence-corrected chi connectivity index (χ1v) is 5.76. The van der Waals surface area contributed by atoms with Crippen molar-refractivity contribution in [3.8, 4) is 0 Å². The molecule has 15 heavy (non-hydrogen) atoms. The summed E-state index contributed by atoms with van der Waals surface area (Å²) >= 11 is 0. The summed E-state index contributed by atoms with van der Waals surface area (Å²) in [5.74, 6) is 0. The molecule has 2 saturated heterocycles. The molecular weight excluding hydrogens is 190 g/mol. The van der Waals surface area contributed by atoms with Crippen LogP contribution in [0.15, 0.2) is 0 Å². The standard InChI is InChI=1S/C11H20N3O/c1-11(2)7-13-10(15)14(8-11)9-3-5-12-6-4-9/h9H,3-8H2,1-2H3,(H,13,15). The molecule has 1 N–H and O–H groups in total. The number of carbonyl (C=O) groups is 1. The normalized spacial score (nSPS) is 27.6. The molecule has 0 spiro atoms. The van der Waals surface area contributed by atoms with E-state index >= 15 is 0 Å². The van der Waals surface area contributed by atoms with E-state index in [9.17, 15) is 4.79 Å². The van der Waals surface area contributed by atoms with Crippen LogP contribution in [0.2, 0.25) is 0 Å². The molecule has 0 aliphatic carbocycles. The first-order valence-electron chi connectivity index (χ1n) is 5.76. The van der Waals surface area contributed by atoms with Gasteiger partial charge in [-0.1, -0.05) is 13.8 Å². The van der Waals surface area contributed by atoms with Gasteiger partial charge in [-0.3, -0.25) is 0 Å². The van der Waals surface area contributed by atoms with Gasteiger partial charge in [0.2, 0.25) is 0 Å². The Hall–Kier alpha value is -0.770. The summed E-state index contributed by atoms with van der Waals surface area (Å²) in [5.41, 5.74) is 0.197. The van der Waals surface area contributed by atoms with E-state index in [-0.39, 0.29) is 11.4 Å². The Morgan fingerprint density at radius 3 is 2.73 bits per heavy atom. The highest BCUT2D eigenvalue weighted by molar-refractivity contribution is 5.75. The van der Waals surface area contributed by atoms with Crippen LogP contribution >= 0.6 is 0 Å². The molecule has 85 valence electrons. The van der Waals surface area contributed by atoms with Gasteiger partial charge in [0.15, 0.2) is 0 Å². The van der Waals surface area contributed by atoms with Crippen LogP contribution in [0.25, 0.3) is 0 Å². The molecule has 0 saturated carbocycles. The van der Waals surface area contributed by atoms with Gasteiger partial charge in [-0.05, 0) is 18.3 Å². The summed E-state index contributed by atoms with van der Waals surface area (Å²) < 4.78 is 0. The highest BCUT2D eigenvalue weighted by Gasteiger charge is 2.35. The largest absolute Gasteiger partial charge is 0.337 e. The van der Waals surface area contributed by atoms with Gasteiger partial charge in [-0.2, -0.15) is 0 Å². The number of piperidine rings is 1. The molecule has 4 heteroatoms. The van der Waals surface area contributed by atoms with E-state index in [1.54, 1.807) is 0 Å². The monoisotopic (exact) mass is 210 g/mol. The van der Waals surface area contributed by atoms with Crippen molar-refractivity contribution in [3.63, 3.8) is 0 Å². The zero-order valence-corrected chi connectivity index (χ0v) is 9.62. The van der Waals surface area contributed by atoms with Crippen molar-refractivity contribution in [2.75, 3.05) is 26.2 Å². The van der Waals surface area contributed by atoms with Crippen molar-refractivity contribution >= 4 is 6.03 Å². The molecule has 2 aliphatic heterocycles. The lowest BCUT2D eigenvalue weighted by atomic mass is 9.89. The molecule has 2 heterocycles. The van der Waals surface area contributed by atoms with Gasteiger partial charge in [-0.25, -0.2) is 10.1 Å². The van der Waals surface area contributed by atoms with Crippen molar-refractivity contribution in [3.05, 3.63) is 0 Å². The van der Waals surface area contributed by atoms with Gasteiger partial charge in [0.1, 0.15) is 0 Å². The number of hydrogen-bond acceptors (Lipinski definition) is 1. The summed E-state index contributed by atoms with van der Waals surface area (Å²) in [5, 5.41) is 7.30. The van der Waals surface area contributed by atoms with Crippen molar-refractivity contribution < 1.29 is 4.79 Å². The SMILES string of the molecule is CC1(C)CNC(=O)N(C2CC[N]CC2)C1. The van der Waals surface area contributed by atoms with E-state index in [2.05, 4.69) is 24.5 Å². The third-order valence-electron chi connectivity index (χ3n) is 3.26. The molecule has 2 rings (SSSR count). The van der Waals surface area contributed by atoms with E-state index in [0.29, 0.717) is 6.04 Å². The van der Waals surface area contributed by atoms with Crippen LogP contribution in [0, 0.1) is 5.41 Å². The Morgan fingerprint density at radius 1 is 1.40 bits per heavy atom. The summed E-state index contributed by atoms with van der Waals surface area (Å²) in [4.78, 5) is 13.8. The third kappa shape index (κ3) is 2.43. The van der Waals surface area contributed by atoms with E-state index in [1.807, 2.05) is 4.90 Å². The van der Waals surface area contributed by atoms with Crippen LogP contribution < -0.4 is 10.6 Å². The van der Waals surface area contributed by atoms with Gasteiger partial charge < -0.3 is 10.2 Å². The Balaban J connectivity index is 2.01. The minimum absolute atomic E-state index is 0.112. The first-order chi connectivity index (χ1) is 7.08. The number of nitrogens with zero attached hydrogens (tertiary/aromatic N) is 2. The maximum Gasteiger partial charge on any atom is 0.317 e. The second-order valence-corrected chi connectivity index (χ2v) is 5.35. The molecule has 0 bridgehead atoms. The van der Waals surface area contributed by atoms with E-state index in [0.717, 1.165) is 39.0 Å². The number of amides is 2. The Morgan fingerprint density at radius 2 is 2.07 bits per heavy atom. The van der Waals surface area contributed by atoms with E-state index in [1.165, 1.54) is 0 Å². The van der Waals surface area contributed by atoms with Gasteiger partial charge in [-0.15, -0.1) is 0 Å². The number of carbonyl (C=O) groups excluding carboxylic acids is 1. The van der Waals surface area contributed by atoms with Crippen molar-refractivity contribution in [1.29, 1.82) is 0 Å². The molecule has 0 aromatic carbocycles. The van der Waals surface area contributed by atoms with Crippen molar-refractivity contribution in [2.24, 2.45) is 5.41 Å². The molecule has 2 fully saturated rings. The van der Waals surface area contributed by atoms with Crippen LogP contribution in [-0.2, 0) is 0 Å². The predicted molar refractivity (Wildman–Crippen MR) is 58.8 cm³/mol. The molecule has 0 atom stereocenters. The first kappa shape index (κ1) is 10.7. The van der Waals surface area contributed by atoms with Crippen LogP contribution in [0.4, 0.5) is 4.79 Å². The fourth-order valence-corrected chi connectivity index (χ4v) is 2.35. The Kier molecular flexibility index (Phi) is 2.87. The topological polar surface area (TPSA) is 46.4 Å². The summed E-state index contributed by atoms with van der Waals surface area (Å²) in [6.07, 6.45) is 2.06. The highest BCUT2D eigenvalue weighted by Crippen LogP contribution is 2.24. The molecular formula is C11H20N3O. The minimum Gasteiger partial charge on any atom is -0.337 e. The molecule has 2 aliphatic rings. The summed E-state index contributed by atoms with van der Waals surface area (Å²) in [7, 11) is 0. The second-order valence-electron chi connectivity index (χ2n) is 5.35. The molecule has 4 nitrogen and oxygen atoms in total. The highest BCUT2D eigenvalue weighted by atomic mass is 16.2. The summed E-state index contributed by atoms with van der Waals surface area (Å²) in [6, 6.07) is 0.517. The van der Waals surface area contributed by atoms with E-state index < -0.39 is 0 Å². The van der Waals surface area contributed by atoms with E-state index in [4.69, 9.17) is 0 Å². The number of nitrogens with one attached hydrogen (secondary N) is 1. The Labute approximate surface area is 91.4 Å². The smallest absolute Gasteiger partial charge is 0.317 e. The average Bonchev–Trinajstić information content (AvgIpc) is 2.23. The lowest BCUT2D eigenvalue weighted by Crippen LogP contribution is -2.59. The van der Waals surface area contributed by atoms with Crippen LogP contribution in [0.5, 0.6) is 0 Å². The van der Waals surface area contributed by atoms with Crippen LogP contribution in [-0.4, -0.2) is 43.2 Å². The molecule has 2 amide bonds. The fourth-order valence-electron chi connectivity index (χ4n) is 2.35. The molecule has 0 aromatic heterocycles. The zero-order valence-electron chi connectivity index (χ0n) is 9.62. The minimum atomic E-state index is 0.112. The van der Waals surface area contributed by atoms with Gasteiger partial charge in [0.25, 0.3) is 0 Å². The second kappa shape index (κ2) is 4.00. The average molecular weight is 210 g/mol. The van der Waals surface area contributed by atoms with Crippen molar-refractivity contribution in [1.82, 2.24) is 15.5 Å². The maximum absolute atomic E-state index is 11.8. The van der Waals surface area contributed by atoms with Crippen molar-refractivity contribution in [2.45, 2.75) is 32.7 Å². The van der Waals surface area contributed by atoms with Crippen LogP contribution in [0.3, 0.4) is 0 Å². The maximum atomic E-state index is 11.8. The molecule has 0 unspecified atom stereocenters. The number of urea groups is 1. The quantitative estimate of drug-likeness (QED) is 0.684. The van der Waals surface area contributed by atoms with Gasteiger partial charge in [0.05, 0.1) is 0 Å². The van der Waals surface area contributed by atoms with Gasteiger partial charge >= 0.3 is 6.03 Å². The third-order valence-corrected chi connectivity index (χ3v) is 3.26. The molecule has 1 radical (unpaired) electrons. The van der Waals surface area contributed by atoms with Gasteiger partial charge in [0, 0.05) is 32.2 Å². The lowest BCUT2D eigenvalue weighted by Gasteiger charge is -2.43. The fraction of sp³-hybridized carbons (Fsp3) is 0.909. The number of rotatable bonds is 1. The Bertz CT molecular complexity index is 246.